The molecule has 0 saturated carbocycles. The number of aliphatic hydroxyl groups excluding tert-OH is 1. The highest BCUT2D eigenvalue weighted by molar-refractivity contribution is 5.87. The number of allylic oxidation sites excluding steroid dienone is 1. The van der Waals surface area contributed by atoms with E-state index in [1.165, 1.54) is 13.0 Å². The first-order valence-electron chi connectivity index (χ1n) is 2.98. The van der Waals surface area contributed by atoms with Crippen molar-refractivity contribution in [2.75, 3.05) is 0 Å². The molecule has 0 aromatic carbocycles. The van der Waals surface area contributed by atoms with Crippen LogP contribution < -0.4 is 0 Å². The number of carbonyl (C=O) groups is 1. The van der Waals surface area contributed by atoms with E-state index in [0.29, 0.717) is 6.42 Å². The third-order valence-electron chi connectivity index (χ3n) is 0.830. The van der Waals surface area contributed by atoms with Crippen molar-refractivity contribution in [2.24, 2.45) is 0 Å². The summed E-state index contributed by atoms with van der Waals surface area (Å²) in [7, 11) is 0. The fraction of sp³-hybridized carbons (Fsp3) is 0.571. The van der Waals surface area contributed by atoms with Crippen molar-refractivity contribution in [1.29, 1.82) is 0 Å². The van der Waals surface area contributed by atoms with E-state index in [0.717, 1.165) is 0 Å². The monoisotopic (exact) mass is 128 g/mol. The summed E-state index contributed by atoms with van der Waals surface area (Å²) in [6, 6.07) is 0. The van der Waals surface area contributed by atoms with Crippen LogP contribution in [0.5, 0.6) is 0 Å². The zero-order chi connectivity index (χ0) is 7.28. The van der Waals surface area contributed by atoms with Gasteiger partial charge in [0, 0.05) is 0 Å². The van der Waals surface area contributed by atoms with E-state index in [-0.39, 0.29) is 11.9 Å². The van der Waals surface area contributed by atoms with Crippen LogP contribution in [0.2, 0.25) is 0 Å². The molecule has 0 aromatic rings. The van der Waals surface area contributed by atoms with Gasteiger partial charge < -0.3 is 5.11 Å². The zero-order valence-electron chi connectivity index (χ0n) is 5.79. The predicted octanol–water partition coefficient (Wildman–Crippen LogP) is 0.902. The standard InChI is InChI=1S/C7H12O2/c1-6(8)4-3-5-7(2)9/h3-4,7,9H,5H2,1-2H3/b4-3+/t7-/m1/s1. The quantitative estimate of drug-likeness (QED) is 0.573. The van der Waals surface area contributed by atoms with E-state index in [2.05, 4.69) is 0 Å². The van der Waals surface area contributed by atoms with Gasteiger partial charge in [0.05, 0.1) is 6.10 Å². The molecular weight excluding hydrogens is 116 g/mol. The van der Waals surface area contributed by atoms with Gasteiger partial charge in [0.25, 0.3) is 0 Å². The normalized spacial score (nSPS) is 14.1. The van der Waals surface area contributed by atoms with E-state index in [1.807, 2.05) is 0 Å². The lowest BCUT2D eigenvalue weighted by molar-refractivity contribution is -0.112. The Hall–Kier alpha value is -0.630. The molecule has 0 amide bonds. The van der Waals surface area contributed by atoms with Crippen LogP contribution in [0.25, 0.3) is 0 Å². The van der Waals surface area contributed by atoms with Gasteiger partial charge in [-0.15, -0.1) is 0 Å². The maximum Gasteiger partial charge on any atom is 0.152 e. The highest BCUT2D eigenvalue weighted by Gasteiger charge is 1.88. The number of hydrogen-bond acceptors (Lipinski definition) is 2. The Morgan fingerprint density at radius 3 is 2.67 bits per heavy atom. The first-order valence-corrected chi connectivity index (χ1v) is 2.98. The minimum Gasteiger partial charge on any atom is -0.393 e. The molecule has 0 aliphatic heterocycles. The van der Waals surface area contributed by atoms with Crippen LogP contribution in [0.1, 0.15) is 20.3 Å². The summed E-state index contributed by atoms with van der Waals surface area (Å²) in [5.74, 6) is 0.0238. The lowest BCUT2D eigenvalue weighted by Crippen LogP contribution is -1.95. The highest BCUT2D eigenvalue weighted by atomic mass is 16.3. The molecule has 0 rings (SSSR count). The van der Waals surface area contributed by atoms with Crippen molar-refractivity contribution in [3.8, 4) is 0 Å². The molecule has 0 aliphatic carbocycles. The SMILES string of the molecule is CC(=O)/C=C/C[C@@H](C)O. The molecular formula is C7H12O2. The summed E-state index contributed by atoms with van der Waals surface area (Å²) in [6.07, 6.45) is 3.35. The van der Waals surface area contributed by atoms with Gasteiger partial charge in [-0.3, -0.25) is 4.79 Å². The molecule has 0 aliphatic rings. The van der Waals surface area contributed by atoms with Crippen LogP contribution in [-0.4, -0.2) is 17.0 Å². The molecule has 2 nitrogen and oxygen atoms in total. The molecule has 1 N–H and O–H groups in total. The lowest BCUT2D eigenvalue weighted by Gasteiger charge is -1.94. The summed E-state index contributed by atoms with van der Waals surface area (Å²) < 4.78 is 0. The molecule has 1 atom stereocenters. The van der Waals surface area contributed by atoms with E-state index < -0.39 is 0 Å². The third-order valence-corrected chi connectivity index (χ3v) is 0.830. The molecule has 0 fully saturated rings. The molecule has 0 unspecified atom stereocenters. The Labute approximate surface area is 55.2 Å². The molecule has 2 heteroatoms. The lowest BCUT2D eigenvalue weighted by atomic mass is 10.2. The number of aliphatic hydroxyl groups is 1. The van der Waals surface area contributed by atoms with Crippen molar-refractivity contribution >= 4 is 5.78 Å². The van der Waals surface area contributed by atoms with Crippen LogP contribution in [0.3, 0.4) is 0 Å². The van der Waals surface area contributed by atoms with E-state index in [4.69, 9.17) is 5.11 Å². The number of carbonyl (C=O) groups excluding carboxylic acids is 1. The third kappa shape index (κ3) is 7.37. The molecule has 0 heterocycles. The fourth-order valence-corrected chi connectivity index (χ4v) is 0.431. The molecule has 0 spiro atoms. The van der Waals surface area contributed by atoms with Gasteiger partial charge in [-0.25, -0.2) is 0 Å². The van der Waals surface area contributed by atoms with Gasteiger partial charge in [0.2, 0.25) is 0 Å². The summed E-state index contributed by atoms with van der Waals surface area (Å²) in [5, 5.41) is 8.70. The average molecular weight is 128 g/mol. The number of ketones is 1. The Kier molecular flexibility index (Phi) is 3.97. The highest BCUT2D eigenvalue weighted by Crippen LogP contribution is 1.90. The Morgan fingerprint density at radius 2 is 2.33 bits per heavy atom. The average Bonchev–Trinajstić information content (AvgIpc) is 1.63. The van der Waals surface area contributed by atoms with E-state index in [9.17, 15) is 4.79 Å². The zero-order valence-corrected chi connectivity index (χ0v) is 5.79. The second-order valence-electron chi connectivity index (χ2n) is 2.10. The maximum atomic E-state index is 10.3. The smallest absolute Gasteiger partial charge is 0.152 e. The minimum absolute atomic E-state index is 0.0238. The molecule has 0 bridgehead atoms. The second kappa shape index (κ2) is 4.27. The summed E-state index contributed by atoms with van der Waals surface area (Å²) in [5.41, 5.74) is 0. The van der Waals surface area contributed by atoms with Crippen molar-refractivity contribution in [2.45, 2.75) is 26.4 Å². The van der Waals surface area contributed by atoms with Crippen LogP contribution in [-0.2, 0) is 4.79 Å². The molecule has 52 valence electrons. The van der Waals surface area contributed by atoms with Gasteiger partial charge in [-0.2, -0.15) is 0 Å². The number of rotatable bonds is 3. The second-order valence-corrected chi connectivity index (χ2v) is 2.10. The van der Waals surface area contributed by atoms with Gasteiger partial charge in [0.15, 0.2) is 5.78 Å². The summed E-state index contributed by atoms with van der Waals surface area (Å²) in [6.45, 7) is 3.17. The van der Waals surface area contributed by atoms with Crippen LogP contribution in [0.4, 0.5) is 0 Å². The number of hydrogen-bond donors (Lipinski definition) is 1. The van der Waals surface area contributed by atoms with Crippen LogP contribution in [0.15, 0.2) is 12.2 Å². The Morgan fingerprint density at radius 1 is 1.78 bits per heavy atom. The molecule has 0 radical (unpaired) electrons. The largest absolute Gasteiger partial charge is 0.393 e. The van der Waals surface area contributed by atoms with Crippen LogP contribution in [0, 0.1) is 0 Å². The van der Waals surface area contributed by atoms with E-state index in [1.54, 1.807) is 13.0 Å². The van der Waals surface area contributed by atoms with Crippen molar-refractivity contribution < 1.29 is 9.90 Å². The van der Waals surface area contributed by atoms with E-state index >= 15 is 0 Å². The summed E-state index contributed by atoms with van der Waals surface area (Å²) in [4.78, 5) is 10.3. The first kappa shape index (κ1) is 8.37. The van der Waals surface area contributed by atoms with Crippen molar-refractivity contribution in [1.82, 2.24) is 0 Å². The molecule has 0 aromatic heterocycles. The molecule has 9 heavy (non-hydrogen) atoms. The summed E-state index contributed by atoms with van der Waals surface area (Å²) >= 11 is 0. The Bertz CT molecular complexity index is 114. The fourth-order valence-electron chi connectivity index (χ4n) is 0.431. The van der Waals surface area contributed by atoms with Gasteiger partial charge in [-0.05, 0) is 26.3 Å². The van der Waals surface area contributed by atoms with Crippen molar-refractivity contribution in [3.05, 3.63) is 12.2 Å². The van der Waals surface area contributed by atoms with Gasteiger partial charge in [0.1, 0.15) is 0 Å². The van der Waals surface area contributed by atoms with Crippen LogP contribution >= 0.6 is 0 Å². The predicted molar refractivity (Wildman–Crippen MR) is 36.1 cm³/mol. The van der Waals surface area contributed by atoms with Gasteiger partial charge in [-0.1, -0.05) is 6.08 Å². The Balaban J connectivity index is 3.36. The first-order chi connectivity index (χ1) is 4.13. The minimum atomic E-state index is -0.347. The maximum absolute atomic E-state index is 10.3. The van der Waals surface area contributed by atoms with Gasteiger partial charge >= 0.3 is 0 Å². The van der Waals surface area contributed by atoms with Crippen molar-refractivity contribution in [3.63, 3.8) is 0 Å². The topological polar surface area (TPSA) is 37.3 Å². The molecule has 0 saturated heterocycles.